The van der Waals surface area contributed by atoms with Crippen molar-refractivity contribution in [1.29, 1.82) is 0 Å². The topological polar surface area (TPSA) is 94.9 Å². The lowest BCUT2D eigenvalue weighted by Crippen LogP contribution is -2.41. The fourth-order valence-electron chi connectivity index (χ4n) is 3.52. The number of ether oxygens (including phenoxy) is 3. The van der Waals surface area contributed by atoms with Gasteiger partial charge in [0.05, 0.1) is 11.6 Å². The Morgan fingerprint density at radius 2 is 1.86 bits per heavy atom. The van der Waals surface area contributed by atoms with E-state index in [0.717, 1.165) is 6.42 Å². The van der Waals surface area contributed by atoms with E-state index >= 15 is 0 Å². The molecule has 0 spiro atoms. The highest BCUT2D eigenvalue weighted by Gasteiger charge is 2.22. The van der Waals surface area contributed by atoms with Crippen molar-refractivity contribution in [2.24, 2.45) is 7.05 Å². The number of amides is 2. The van der Waals surface area contributed by atoms with Gasteiger partial charge in [0, 0.05) is 49.6 Å². The van der Waals surface area contributed by atoms with Gasteiger partial charge >= 0.3 is 6.61 Å². The van der Waals surface area contributed by atoms with Gasteiger partial charge < -0.3 is 24.4 Å². The molecule has 1 saturated heterocycles. The number of aryl methyl sites for hydroxylation is 1. The van der Waals surface area contributed by atoms with Gasteiger partial charge in [-0.25, -0.2) is 0 Å². The molecule has 37 heavy (non-hydrogen) atoms. The van der Waals surface area contributed by atoms with Crippen LogP contribution in [0.1, 0.15) is 34.1 Å². The van der Waals surface area contributed by atoms with Crippen LogP contribution in [0.25, 0.3) is 0 Å². The van der Waals surface area contributed by atoms with Crippen molar-refractivity contribution >= 4 is 29.2 Å². The number of halogens is 3. The standard InChI is InChI=1S/C25H25ClF2N4O5/c1-15(14-35-25(27)28)36-18-10-17(23(33)29-22-6-9-31(2)30-22)11-19(13-18)37-21-5-4-16(12-20(21)26)24(34)32-7-3-8-32/h4-6,9-13,15,25H,3,7-8,14H2,1-2H3,(H,29,30,33)/t15-/m0/s1. The van der Waals surface area contributed by atoms with E-state index in [1.165, 1.54) is 28.9 Å². The third kappa shape index (κ3) is 6.95. The molecule has 1 fully saturated rings. The van der Waals surface area contributed by atoms with Gasteiger partial charge in [0.15, 0.2) is 5.82 Å². The molecule has 2 amide bonds. The molecule has 1 aromatic heterocycles. The van der Waals surface area contributed by atoms with Crippen LogP contribution >= 0.6 is 11.6 Å². The summed E-state index contributed by atoms with van der Waals surface area (Å²) in [5, 5.41) is 7.00. The van der Waals surface area contributed by atoms with Crippen LogP contribution in [0.5, 0.6) is 17.2 Å². The van der Waals surface area contributed by atoms with Crippen molar-refractivity contribution in [3.05, 3.63) is 64.8 Å². The molecule has 196 valence electrons. The number of alkyl halides is 2. The number of rotatable bonds is 10. The quantitative estimate of drug-likeness (QED) is 0.394. The number of nitrogens with zero attached hydrogens (tertiary/aromatic N) is 3. The van der Waals surface area contributed by atoms with Crippen LogP contribution in [-0.2, 0) is 11.8 Å². The summed E-state index contributed by atoms with van der Waals surface area (Å²) in [7, 11) is 1.71. The zero-order chi connectivity index (χ0) is 26.5. The lowest BCUT2D eigenvalue weighted by Gasteiger charge is -2.31. The number of hydrogen-bond donors (Lipinski definition) is 1. The normalized spacial score (nSPS) is 13.7. The van der Waals surface area contributed by atoms with E-state index in [-0.39, 0.29) is 40.3 Å². The van der Waals surface area contributed by atoms with Gasteiger partial charge in [0.1, 0.15) is 23.4 Å². The van der Waals surface area contributed by atoms with Gasteiger partial charge in [-0.05, 0) is 43.7 Å². The summed E-state index contributed by atoms with van der Waals surface area (Å²) in [6.07, 6.45) is 1.90. The van der Waals surface area contributed by atoms with Crippen molar-refractivity contribution in [3.63, 3.8) is 0 Å². The number of carbonyl (C=O) groups is 2. The minimum Gasteiger partial charge on any atom is -0.488 e. The number of hydrogen-bond acceptors (Lipinski definition) is 6. The van der Waals surface area contributed by atoms with E-state index in [0.29, 0.717) is 24.5 Å². The minimum atomic E-state index is -2.93. The molecule has 1 aliphatic heterocycles. The number of benzene rings is 2. The van der Waals surface area contributed by atoms with E-state index in [1.807, 2.05) is 0 Å². The van der Waals surface area contributed by atoms with E-state index < -0.39 is 18.6 Å². The predicted molar refractivity (Wildman–Crippen MR) is 132 cm³/mol. The fourth-order valence-corrected chi connectivity index (χ4v) is 3.74. The molecule has 0 aliphatic carbocycles. The van der Waals surface area contributed by atoms with Crippen molar-refractivity contribution in [3.8, 4) is 17.2 Å². The molecule has 2 aromatic carbocycles. The second-order valence-corrected chi connectivity index (χ2v) is 8.84. The molecule has 12 heteroatoms. The van der Waals surface area contributed by atoms with E-state index in [1.54, 1.807) is 43.3 Å². The Morgan fingerprint density at radius 1 is 1.11 bits per heavy atom. The zero-order valence-corrected chi connectivity index (χ0v) is 20.9. The Bertz CT molecular complexity index is 1280. The average Bonchev–Trinajstić information content (AvgIpc) is 3.22. The molecule has 2 heterocycles. The maximum absolute atomic E-state index is 12.9. The minimum absolute atomic E-state index is 0.108. The Labute approximate surface area is 216 Å². The van der Waals surface area contributed by atoms with E-state index in [9.17, 15) is 18.4 Å². The first-order valence-electron chi connectivity index (χ1n) is 11.5. The van der Waals surface area contributed by atoms with Crippen molar-refractivity contribution in [2.75, 3.05) is 25.0 Å². The highest BCUT2D eigenvalue weighted by atomic mass is 35.5. The largest absolute Gasteiger partial charge is 0.488 e. The zero-order valence-electron chi connectivity index (χ0n) is 20.1. The Morgan fingerprint density at radius 3 is 2.49 bits per heavy atom. The van der Waals surface area contributed by atoms with Gasteiger partial charge in [0.2, 0.25) is 0 Å². The summed E-state index contributed by atoms with van der Waals surface area (Å²) in [6, 6.07) is 10.7. The van der Waals surface area contributed by atoms with Crippen LogP contribution in [0, 0.1) is 0 Å². The first kappa shape index (κ1) is 26.4. The molecule has 9 nitrogen and oxygen atoms in total. The molecular weight excluding hydrogens is 510 g/mol. The van der Waals surface area contributed by atoms with Gasteiger partial charge in [-0.1, -0.05) is 11.6 Å². The molecule has 1 aliphatic rings. The molecule has 0 saturated carbocycles. The molecular formula is C25H25ClF2N4O5. The summed E-state index contributed by atoms with van der Waals surface area (Å²) in [4.78, 5) is 27.1. The highest BCUT2D eigenvalue weighted by Crippen LogP contribution is 2.33. The van der Waals surface area contributed by atoms with Crippen LogP contribution in [0.15, 0.2) is 48.7 Å². The Kier molecular flexibility index (Phi) is 8.24. The summed E-state index contributed by atoms with van der Waals surface area (Å²) in [6.45, 7) is -0.319. The Hall–Kier alpha value is -3.70. The van der Waals surface area contributed by atoms with Crippen molar-refractivity contribution in [1.82, 2.24) is 14.7 Å². The first-order chi connectivity index (χ1) is 17.7. The number of anilines is 1. The summed E-state index contributed by atoms with van der Waals surface area (Å²) >= 11 is 6.39. The third-order valence-electron chi connectivity index (χ3n) is 5.44. The van der Waals surface area contributed by atoms with E-state index in [2.05, 4.69) is 15.2 Å². The lowest BCUT2D eigenvalue weighted by atomic mass is 10.1. The predicted octanol–water partition coefficient (Wildman–Crippen LogP) is 4.97. The van der Waals surface area contributed by atoms with Crippen LogP contribution in [0.3, 0.4) is 0 Å². The van der Waals surface area contributed by atoms with Crippen LogP contribution in [0.2, 0.25) is 5.02 Å². The van der Waals surface area contributed by atoms with Gasteiger partial charge in [0.25, 0.3) is 11.8 Å². The van der Waals surface area contributed by atoms with Crippen molar-refractivity contribution < 1.29 is 32.6 Å². The number of likely N-dealkylation sites (tertiary alicyclic amines) is 1. The van der Waals surface area contributed by atoms with Crippen LogP contribution in [-0.4, -0.2) is 58.9 Å². The summed E-state index contributed by atoms with van der Waals surface area (Å²) < 4.78 is 42.3. The highest BCUT2D eigenvalue weighted by molar-refractivity contribution is 6.32. The maximum Gasteiger partial charge on any atom is 0.345 e. The van der Waals surface area contributed by atoms with Crippen LogP contribution < -0.4 is 14.8 Å². The monoisotopic (exact) mass is 534 g/mol. The molecule has 0 unspecified atom stereocenters. The summed E-state index contributed by atoms with van der Waals surface area (Å²) in [5.41, 5.74) is 0.609. The third-order valence-corrected chi connectivity index (χ3v) is 5.74. The summed E-state index contributed by atoms with van der Waals surface area (Å²) in [5.74, 6) is 0.384. The first-order valence-corrected chi connectivity index (χ1v) is 11.8. The van der Waals surface area contributed by atoms with Gasteiger partial charge in [-0.3, -0.25) is 14.3 Å². The molecule has 4 rings (SSSR count). The van der Waals surface area contributed by atoms with Gasteiger partial charge in [-0.15, -0.1) is 0 Å². The van der Waals surface area contributed by atoms with E-state index in [4.69, 9.17) is 21.1 Å². The lowest BCUT2D eigenvalue weighted by molar-refractivity contribution is -0.142. The maximum atomic E-state index is 12.9. The number of aromatic nitrogens is 2. The second kappa shape index (κ2) is 11.6. The molecule has 0 bridgehead atoms. The number of carbonyl (C=O) groups excluding carboxylic acids is 2. The fraction of sp³-hybridized carbons (Fsp3) is 0.320. The van der Waals surface area contributed by atoms with Gasteiger partial charge in [-0.2, -0.15) is 13.9 Å². The molecule has 0 radical (unpaired) electrons. The average molecular weight is 535 g/mol. The van der Waals surface area contributed by atoms with Crippen LogP contribution in [0.4, 0.5) is 14.6 Å². The molecule has 1 N–H and O–H groups in total. The number of nitrogens with one attached hydrogen (secondary N) is 1. The molecule has 3 aromatic rings. The molecule has 1 atom stereocenters. The Balaban J connectivity index is 1.56. The smallest absolute Gasteiger partial charge is 0.345 e. The second-order valence-electron chi connectivity index (χ2n) is 8.44. The van der Waals surface area contributed by atoms with Crippen molar-refractivity contribution in [2.45, 2.75) is 26.1 Å². The SMILES string of the molecule is C[C@@H](COC(F)F)Oc1cc(Oc2ccc(C(=O)N3CCC3)cc2Cl)cc(C(=O)Nc2ccn(C)n2)c1.